The smallest absolute Gasteiger partial charge is 0.134 e. The summed E-state index contributed by atoms with van der Waals surface area (Å²) in [5, 5.41) is 13.8. The van der Waals surface area contributed by atoms with Crippen LogP contribution in [0.3, 0.4) is 0 Å². The number of rotatable bonds is 5. The fraction of sp³-hybridized carbons (Fsp3) is 0.500. The van der Waals surface area contributed by atoms with Crippen molar-refractivity contribution in [3.8, 4) is 0 Å². The lowest BCUT2D eigenvalue weighted by atomic mass is 9.85. The van der Waals surface area contributed by atoms with Crippen molar-refractivity contribution in [2.75, 3.05) is 6.61 Å². The maximum atomic E-state index is 9.15. The molecule has 0 aliphatic carbocycles. The molecule has 2 aromatic rings. The lowest BCUT2D eigenvalue weighted by Gasteiger charge is -2.31. The number of hydrogen-bond donors (Lipinski definition) is 2. The highest BCUT2D eigenvalue weighted by Gasteiger charge is 2.23. The van der Waals surface area contributed by atoms with Crippen LogP contribution in [0.15, 0.2) is 34.7 Å². The second kappa shape index (κ2) is 5.76. The molecule has 1 atom stereocenters. The number of fused-ring (bicyclic) bond motifs is 1. The quantitative estimate of drug-likeness (QED) is 0.868. The standard InChI is InChI=1S/C16H23NO2/c1-16(2,3)15(8-9-18)17-11-13-10-12-6-4-5-7-14(12)19-13/h4-7,10,15,17-18H,8-9,11H2,1-3H3. The molecule has 19 heavy (non-hydrogen) atoms. The Hall–Kier alpha value is -1.32. The summed E-state index contributed by atoms with van der Waals surface area (Å²) in [5.41, 5.74) is 1.04. The van der Waals surface area contributed by atoms with E-state index in [2.05, 4.69) is 38.2 Å². The van der Waals surface area contributed by atoms with E-state index in [1.165, 1.54) is 0 Å². The van der Waals surface area contributed by atoms with Gasteiger partial charge in [0.05, 0.1) is 6.54 Å². The molecular formula is C16H23NO2. The summed E-state index contributed by atoms with van der Waals surface area (Å²) >= 11 is 0. The monoisotopic (exact) mass is 261 g/mol. The topological polar surface area (TPSA) is 45.4 Å². The molecule has 3 nitrogen and oxygen atoms in total. The third-order valence-corrected chi connectivity index (χ3v) is 3.46. The number of furan rings is 1. The van der Waals surface area contributed by atoms with Gasteiger partial charge in [-0.2, -0.15) is 0 Å². The maximum absolute atomic E-state index is 9.15. The molecule has 2 rings (SSSR count). The molecular weight excluding hydrogens is 238 g/mol. The minimum atomic E-state index is 0.120. The van der Waals surface area contributed by atoms with Gasteiger partial charge in [-0.1, -0.05) is 39.0 Å². The molecule has 1 aromatic carbocycles. The molecule has 0 aliphatic heterocycles. The zero-order valence-corrected chi connectivity index (χ0v) is 11.9. The van der Waals surface area contributed by atoms with E-state index >= 15 is 0 Å². The van der Waals surface area contributed by atoms with E-state index in [1.807, 2.05) is 18.2 Å². The van der Waals surface area contributed by atoms with Crippen LogP contribution in [0.5, 0.6) is 0 Å². The Balaban J connectivity index is 2.04. The van der Waals surface area contributed by atoms with E-state index in [9.17, 15) is 0 Å². The highest BCUT2D eigenvalue weighted by molar-refractivity contribution is 5.77. The molecule has 0 saturated carbocycles. The predicted molar refractivity (Wildman–Crippen MR) is 78.0 cm³/mol. The fourth-order valence-electron chi connectivity index (χ4n) is 2.32. The number of nitrogens with one attached hydrogen (secondary N) is 1. The van der Waals surface area contributed by atoms with Gasteiger partial charge in [-0.3, -0.25) is 0 Å². The Morgan fingerprint density at radius 1 is 1.26 bits per heavy atom. The van der Waals surface area contributed by atoms with Crippen molar-refractivity contribution in [3.05, 3.63) is 36.1 Å². The molecule has 0 aliphatic rings. The van der Waals surface area contributed by atoms with Gasteiger partial charge in [-0.15, -0.1) is 0 Å². The van der Waals surface area contributed by atoms with Crippen LogP contribution in [0.25, 0.3) is 11.0 Å². The van der Waals surface area contributed by atoms with Crippen molar-refractivity contribution in [1.82, 2.24) is 5.32 Å². The van der Waals surface area contributed by atoms with Crippen LogP contribution in [0, 0.1) is 5.41 Å². The minimum absolute atomic E-state index is 0.120. The second-order valence-electron chi connectivity index (χ2n) is 6.06. The highest BCUT2D eigenvalue weighted by Crippen LogP contribution is 2.23. The summed E-state index contributed by atoms with van der Waals surface area (Å²) in [6.45, 7) is 7.43. The first kappa shape index (κ1) is 14.1. The van der Waals surface area contributed by atoms with Gasteiger partial charge in [0.25, 0.3) is 0 Å². The number of para-hydroxylation sites is 1. The van der Waals surface area contributed by atoms with Crippen molar-refractivity contribution < 1.29 is 9.52 Å². The SMILES string of the molecule is CC(C)(C)C(CCO)NCc1cc2ccccc2o1. The Labute approximate surface area is 114 Å². The summed E-state index contributed by atoms with van der Waals surface area (Å²) in [5.74, 6) is 0.938. The predicted octanol–water partition coefficient (Wildman–Crippen LogP) is 3.32. The molecule has 3 heteroatoms. The summed E-state index contributed by atoms with van der Waals surface area (Å²) in [4.78, 5) is 0. The molecule has 1 unspecified atom stereocenters. The molecule has 0 saturated heterocycles. The first-order valence-corrected chi connectivity index (χ1v) is 6.82. The normalized spacial score (nSPS) is 13.9. The van der Waals surface area contributed by atoms with E-state index in [-0.39, 0.29) is 18.1 Å². The van der Waals surface area contributed by atoms with Crippen LogP contribution in [0.1, 0.15) is 33.0 Å². The number of aliphatic hydroxyl groups is 1. The summed E-state index contributed by atoms with van der Waals surface area (Å²) in [6.07, 6.45) is 0.754. The second-order valence-corrected chi connectivity index (χ2v) is 6.06. The molecule has 0 bridgehead atoms. The average Bonchev–Trinajstić information content (AvgIpc) is 2.75. The van der Waals surface area contributed by atoms with Gasteiger partial charge in [0.15, 0.2) is 0 Å². The maximum Gasteiger partial charge on any atom is 0.134 e. The Morgan fingerprint density at radius 2 is 2.00 bits per heavy atom. The van der Waals surface area contributed by atoms with Crippen LogP contribution < -0.4 is 5.32 Å². The van der Waals surface area contributed by atoms with Crippen molar-refractivity contribution in [3.63, 3.8) is 0 Å². The van der Waals surface area contributed by atoms with Crippen molar-refractivity contribution in [2.24, 2.45) is 5.41 Å². The Kier molecular flexibility index (Phi) is 4.27. The van der Waals surface area contributed by atoms with Crippen LogP contribution >= 0.6 is 0 Å². The zero-order valence-electron chi connectivity index (χ0n) is 11.9. The highest BCUT2D eigenvalue weighted by atomic mass is 16.3. The van der Waals surface area contributed by atoms with Gasteiger partial charge >= 0.3 is 0 Å². The molecule has 104 valence electrons. The average molecular weight is 261 g/mol. The Morgan fingerprint density at radius 3 is 2.63 bits per heavy atom. The molecule has 1 aromatic heterocycles. The molecule has 0 amide bonds. The zero-order chi connectivity index (χ0) is 13.9. The van der Waals surface area contributed by atoms with Gasteiger partial charge < -0.3 is 14.8 Å². The largest absolute Gasteiger partial charge is 0.460 e. The van der Waals surface area contributed by atoms with Gasteiger partial charge in [0, 0.05) is 18.0 Å². The lowest BCUT2D eigenvalue weighted by Crippen LogP contribution is -2.40. The van der Waals surface area contributed by atoms with Gasteiger partial charge in [0.2, 0.25) is 0 Å². The molecule has 0 radical (unpaired) electrons. The van der Waals surface area contributed by atoms with Crippen LogP contribution in [-0.2, 0) is 6.54 Å². The van der Waals surface area contributed by atoms with Crippen molar-refractivity contribution in [2.45, 2.75) is 39.8 Å². The molecule has 0 fully saturated rings. The summed E-state index contributed by atoms with van der Waals surface area (Å²) < 4.78 is 5.78. The number of aliphatic hydroxyl groups excluding tert-OH is 1. The van der Waals surface area contributed by atoms with Crippen LogP contribution in [-0.4, -0.2) is 17.8 Å². The van der Waals surface area contributed by atoms with E-state index < -0.39 is 0 Å². The number of benzene rings is 1. The number of hydrogen-bond acceptors (Lipinski definition) is 3. The van der Waals surface area contributed by atoms with Crippen LogP contribution in [0.2, 0.25) is 0 Å². The molecule has 2 N–H and O–H groups in total. The third-order valence-electron chi connectivity index (χ3n) is 3.46. The van der Waals surface area contributed by atoms with E-state index in [0.29, 0.717) is 6.54 Å². The molecule has 0 spiro atoms. The van der Waals surface area contributed by atoms with E-state index in [1.54, 1.807) is 0 Å². The fourth-order valence-corrected chi connectivity index (χ4v) is 2.32. The van der Waals surface area contributed by atoms with Crippen LogP contribution in [0.4, 0.5) is 0 Å². The first-order valence-electron chi connectivity index (χ1n) is 6.82. The summed E-state index contributed by atoms with van der Waals surface area (Å²) in [6, 6.07) is 10.4. The lowest BCUT2D eigenvalue weighted by molar-refractivity contribution is 0.194. The van der Waals surface area contributed by atoms with E-state index in [4.69, 9.17) is 9.52 Å². The Bertz CT molecular complexity index is 492. The van der Waals surface area contributed by atoms with E-state index in [0.717, 1.165) is 23.2 Å². The van der Waals surface area contributed by atoms with Gasteiger partial charge in [-0.05, 0) is 24.0 Å². The third kappa shape index (κ3) is 3.58. The van der Waals surface area contributed by atoms with Crippen molar-refractivity contribution in [1.29, 1.82) is 0 Å². The van der Waals surface area contributed by atoms with Gasteiger partial charge in [-0.25, -0.2) is 0 Å². The van der Waals surface area contributed by atoms with Crippen molar-refractivity contribution >= 4 is 11.0 Å². The first-order chi connectivity index (χ1) is 9.00. The minimum Gasteiger partial charge on any atom is -0.460 e. The van der Waals surface area contributed by atoms with Gasteiger partial charge in [0.1, 0.15) is 11.3 Å². The summed E-state index contributed by atoms with van der Waals surface area (Å²) in [7, 11) is 0. The molecule has 1 heterocycles.